The second-order valence-corrected chi connectivity index (χ2v) is 4.29. The van der Waals surface area contributed by atoms with Gasteiger partial charge < -0.3 is 10.3 Å². The van der Waals surface area contributed by atoms with Crippen molar-refractivity contribution < 1.29 is 0 Å². The molecule has 96 valence electrons. The van der Waals surface area contributed by atoms with Crippen LogP contribution >= 0.6 is 0 Å². The van der Waals surface area contributed by atoms with Gasteiger partial charge in [-0.05, 0) is 18.2 Å². The number of hydrogen-bond acceptors (Lipinski definition) is 4. The predicted octanol–water partition coefficient (Wildman–Crippen LogP) is 2.39. The quantitative estimate of drug-likeness (QED) is 0.768. The minimum absolute atomic E-state index is 0.584. The summed E-state index contributed by atoms with van der Waals surface area (Å²) in [6.07, 6.45) is 6.96. The molecule has 3 rings (SSSR count). The molecule has 1 aromatic carbocycles. The zero-order chi connectivity index (χ0) is 13.9. The van der Waals surface area contributed by atoms with Gasteiger partial charge in [0.25, 0.3) is 0 Å². The third-order valence-electron chi connectivity index (χ3n) is 2.99. The topological polar surface area (TPSA) is 80.5 Å². The van der Waals surface area contributed by atoms with E-state index in [0.29, 0.717) is 16.9 Å². The smallest absolute Gasteiger partial charge is 0.0992 e. The fraction of sp³-hybridized carbons (Fsp3) is 0. The molecule has 0 radical (unpaired) electrons. The van der Waals surface area contributed by atoms with E-state index in [1.165, 1.54) is 0 Å². The number of pyridine rings is 1. The molecule has 2 N–H and O–H groups in total. The molecule has 0 aliphatic carbocycles. The molecule has 0 amide bonds. The lowest BCUT2D eigenvalue weighted by atomic mass is 10.1. The van der Waals surface area contributed by atoms with Gasteiger partial charge in [-0.15, -0.1) is 0 Å². The molecule has 0 saturated carbocycles. The van der Waals surface area contributed by atoms with E-state index in [2.05, 4.69) is 16.0 Å². The largest absolute Gasteiger partial charge is 0.397 e. The number of nitrogens with zero attached hydrogens (tertiary/aromatic N) is 4. The molecule has 0 aliphatic heterocycles. The van der Waals surface area contributed by atoms with Crippen molar-refractivity contribution in [2.24, 2.45) is 0 Å². The van der Waals surface area contributed by atoms with Crippen LogP contribution in [0.3, 0.4) is 0 Å². The van der Waals surface area contributed by atoms with E-state index in [1.807, 2.05) is 29.0 Å². The van der Waals surface area contributed by atoms with Crippen molar-refractivity contribution in [1.29, 1.82) is 5.26 Å². The van der Waals surface area contributed by atoms with Crippen LogP contribution in [0.2, 0.25) is 0 Å². The van der Waals surface area contributed by atoms with Crippen LogP contribution < -0.4 is 5.73 Å². The molecule has 0 bridgehead atoms. The Labute approximate surface area is 116 Å². The highest BCUT2D eigenvalue weighted by Gasteiger charge is 2.06. The summed E-state index contributed by atoms with van der Waals surface area (Å²) in [4.78, 5) is 8.40. The average Bonchev–Trinajstić information content (AvgIpc) is 3.01. The summed E-state index contributed by atoms with van der Waals surface area (Å²) < 4.78 is 1.84. The summed E-state index contributed by atoms with van der Waals surface area (Å²) in [5.41, 5.74) is 9.72. The van der Waals surface area contributed by atoms with Gasteiger partial charge in [-0.3, -0.25) is 4.98 Å². The van der Waals surface area contributed by atoms with Crippen molar-refractivity contribution in [3.63, 3.8) is 0 Å². The van der Waals surface area contributed by atoms with E-state index in [4.69, 9.17) is 11.0 Å². The lowest BCUT2D eigenvalue weighted by molar-refractivity contribution is 1.04. The van der Waals surface area contributed by atoms with Crippen molar-refractivity contribution in [3.8, 4) is 23.0 Å². The normalized spacial score (nSPS) is 10.2. The molecule has 5 nitrogen and oxygen atoms in total. The van der Waals surface area contributed by atoms with Crippen LogP contribution in [0.15, 0.2) is 55.2 Å². The number of nitrogen functional groups attached to an aromatic ring is 1. The number of aromatic nitrogens is 3. The first-order chi connectivity index (χ1) is 9.78. The predicted molar refractivity (Wildman–Crippen MR) is 75.9 cm³/mol. The van der Waals surface area contributed by atoms with Crippen molar-refractivity contribution >= 4 is 5.69 Å². The zero-order valence-corrected chi connectivity index (χ0v) is 10.6. The summed E-state index contributed by atoms with van der Waals surface area (Å²) in [6.45, 7) is 0. The van der Waals surface area contributed by atoms with Gasteiger partial charge in [0.2, 0.25) is 0 Å². The minimum atomic E-state index is 0.584. The summed E-state index contributed by atoms with van der Waals surface area (Å²) >= 11 is 0. The lowest BCUT2D eigenvalue weighted by Gasteiger charge is -2.08. The molecule has 2 heterocycles. The van der Waals surface area contributed by atoms with Crippen LogP contribution in [0.1, 0.15) is 5.56 Å². The summed E-state index contributed by atoms with van der Waals surface area (Å²) in [7, 11) is 0. The maximum absolute atomic E-state index is 8.80. The third-order valence-corrected chi connectivity index (χ3v) is 2.99. The van der Waals surface area contributed by atoms with Gasteiger partial charge in [-0.1, -0.05) is 12.1 Å². The molecule has 0 spiro atoms. The van der Waals surface area contributed by atoms with Crippen molar-refractivity contribution in [2.45, 2.75) is 0 Å². The second-order valence-electron chi connectivity index (χ2n) is 4.29. The van der Waals surface area contributed by atoms with Gasteiger partial charge in [0.1, 0.15) is 0 Å². The Bertz CT molecular complexity index is 767. The number of rotatable bonds is 2. The highest BCUT2D eigenvalue weighted by atomic mass is 15.0. The van der Waals surface area contributed by atoms with Crippen LogP contribution in [-0.4, -0.2) is 14.5 Å². The lowest BCUT2D eigenvalue weighted by Crippen LogP contribution is -1.98. The van der Waals surface area contributed by atoms with Crippen molar-refractivity contribution in [2.75, 3.05) is 5.73 Å². The van der Waals surface area contributed by atoms with E-state index in [-0.39, 0.29) is 0 Å². The van der Waals surface area contributed by atoms with E-state index < -0.39 is 0 Å². The Hall–Kier alpha value is -3.13. The van der Waals surface area contributed by atoms with Gasteiger partial charge >= 0.3 is 0 Å². The minimum Gasteiger partial charge on any atom is -0.397 e. The van der Waals surface area contributed by atoms with E-state index in [1.54, 1.807) is 30.9 Å². The molecule has 0 unspecified atom stereocenters. The highest BCUT2D eigenvalue weighted by molar-refractivity contribution is 5.74. The molecular formula is C15H11N5. The van der Waals surface area contributed by atoms with E-state index >= 15 is 0 Å². The van der Waals surface area contributed by atoms with Crippen LogP contribution in [0.5, 0.6) is 0 Å². The van der Waals surface area contributed by atoms with Gasteiger partial charge in [0.05, 0.1) is 41.2 Å². The maximum Gasteiger partial charge on any atom is 0.0992 e. The molecule has 0 fully saturated rings. The molecule has 3 aromatic rings. The Balaban J connectivity index is 2.00. The number of nitrogens with two attached hydrogens (primary N) is 1. The SMILES string of the molecule is N#Cc1ccc(-c2ncc(-n3ccnc3)cc2N)cc1. The first kappa shape index (κ1) is 11.9. The van der Waals surface area contributed by atoms with Crippen LogP contribution in [0, 0.1) is 11.3 Å². The monoisotopic (exact) mass is 261 g/mol. The van der Waals surface area contributed by atoms with Gasteiger partial charge in [0, 0.05) is 18.0 Å². The number of benzene rings is 1. The Kier molecular flexibility index (Phi) is 2.90. The molecule has 20 heavy (non-hydrogen) atoms. The highest BCUT2D eigenvalue weighted by Crippen LogP contribution is 2.25. The molecule has 5 heteroatoms. The van der Waals surface area contributed by atoms with E-state index in [0.717, 1.165) is 11.3 Å². The standard InChI is InChI=1S/C15H11N5/c16-8-11-1-3-12(4-2-11)15-14(17)7-13(9-19-15)20-6-5-18-10-20/h1-7,9-10H,17H2. The van der Waals surface area contributed by atoms with Crippen LogP contribution in [-0.2, 0) is 0 Å². The van der Waals surface area contributed by atoms with Crippen molar-refractivity contribution in [1.82, 2.24) is 14.5 Å². The first-order valence-electron chi connectivity index (χ1n) is 6.02. The average molecular weight is 261 g/mol. The molecule has 2 aromatic heterocycles. The Morgan fingerprint density at radius 2 is 2.00 bits per heavy atom. The van der Waals surface area contributed by atoms with Crippen LogP contribution in [0.4, 0.5) is 5.69 Å². The maximum atomic E-state index is 8.80. The summed E-state index contributed by atoms with van der Waals surface area (Å²) in [6, 6.07) is 11.1. The molecule has 0 saturated heterocycles. The zero-order valence-electron chi connectivity index (χ0n) is 10.6. The van der Waals surface area contributed by atoms with Crippen molar-refractivity contribution in [3.05, 3.63) is 60.8 Å². The fourth-order valence-corrected chi connectivity index (χ4v) is 1.97. The Morgan fingerprint density at radius 1 is 1.20 bits per heavy atom. The summed E-state index contributed by atoms with van der Waals surface area (Å²) in [5, 5.41) is 8.80. The number of hydrogen-bond donors (Lipinski definition) is 1. The molecule has 0 aliphatic rings. The first-order valence-corrected chi connectivity index (χ1v) is 6.02. The van der Waals surface area contributed by atoms with Crippen LogP contribution in [0.25, 0.3) is 16.9 Å². The van der Waals surface area contributed by atoms with Gasteiger partial charge in [-0.2, -0.15) is 5.26 Å². The number of imidazole rings is 1. The summed E-state index contributed by atoms with van der Waals surface area (Å²) in [5.74, 6) is 0. The van der Waals surface area contributed by atoms with Gasteiger partial charge in [0.15, 0.2) is 0 Å². The number of anilines is 1. The molecule has 0 atom stereocenters. The fourth-order valence-electron chi connectivity index (χ4n) is 1.97. The number of nitriles is 1. The van der Waals surface area contributed by atoms with Gasteiger partial charge in [-0.25, -0.2) is 4.98 Å². The molecular weight excluding hydrogens is 250 g/mol. The van der Waals surface area contributed by atoms with E-state index in [9.17, 15) is 0 Å². The second kappa shape index (κ2) is 4.86. The third kappa shape index (κ3) is 2.10. The Morgan fingerprint density at radius 3 is 2.60 bits per heavy atom.